The molecular weight excluding hydrogens is 587 g/mol. The molecule has 48 heavy (non-hydrogen) atoms. The van der Waals surface area contributed by atoms with Gasteiger partial charge in [-0.3, -0.25) is 9.97 Å². The lowest BCUT2D eigenvalue weighted by Crippen LogP contribution is -1.96. The summed E-state index contributed by atoms with van der Waals surface area (Å²) in [5, 5.41) is 0. The van der Waals surface area contributed by atoms with Gasteiger partial charge >= 0.3 is 0 Å². The Morgan fingerprint density at radius 2 is 0.854 bits per heavy atom. The fourth-order valence-corrected chi connectivity index (χ4v) is 5.75. The van der Waals surface area contributed by atoms with E-state index in [0.29, 0.717) is 5.82 Å². The summed E-state index contributed by atoms with van der Waals surface area (Å²) in [6.45, 7) is 0. The van der Waals surface area contributed by atoms with Crippen LogP contribution in [0, 0.1) is 0 Å². The van der Waals surface area contributed by atoms with E-state index in [4.69, 9.17) is 19.9 Å². The van der Waals surface area contributed by atoms with Crippen molar-refractivity contribution in [2.45, 2.75) is 0 Å². The highest BCUT2D eigenvalue weighted by molar-refractivity contribution is 5.78. The van der Waals surface area contributed by atoms with Crippen molar-refractivity contribution in [3.05, 3.63) is 176 Å². The van der Waals surface area contributed by atoms with Gasteiger partial charge in [-0.2, -0.15) is 0 Å². The number of rotatable bonds is 7. The van der Waals surface area contributed by atoms with Crippen molar-refractivity contribution in [2.24, 2.45) is 0 Å². The molecule has 0 saturated carbocycles. The zero-order chi connectivity index (χ0) is 32.1. The summed E-state index contributed by atoms with van der Waals surface area (Å²) in [4.78, 5) is 24.4. The summed E-state index contributed by atoms with van der Waals surface area (Å²) in [7, 11) is 0. The summed E-state index contributed by atoms with van der Waals surface area (Å²) < 4.78 is 0. The Bertz CT molecular complexity index is 2190. The van der Waals surface area contributed by atoms with Crippen LogP contribution in [-0.4, -0.2) is 24.9 Å². The summed E-state index contributed by atoms with van der Waals surface area (Å²) >= 11 is 0. The maximum atomic E-state index is 5.01. The van der Waals surface area contributed by atoms with Gasteiger partial charge in [0.15, 0.2) is 5.82 Å². The zero-order valence-corrected chi connectivity index (χ0v) is 26.0. The smallest absolute Gasteiger partial charge is 0.160 e. The molecule has 0 radical (unpaired) electrons. The second-order valence-corrected chi connectivity index (χ2v) is 11.4. The van der Waals surface area contributed by atoms with Crippen LogP contribution in [0.5, 0.6) is 0 Å². The van der Waals surface area contributed by atoms with E-state index < -0.39 is 0 Å². The van der Waals surface area contributed by atoms with Gasteiger partial charge in [-0.15, -0.1) is 0 Å². The fourth-order valence-electron chi connectivity index (χ4n) is 5.75. The van der Waals surface area contributed by atoms with Crippen molar-refractivity contribution in [3.63, 3.8) is 0 Å². The molecule has 4 heterocycles. The Morgan fingerprint density at radius 1 is 0.271 bits per heavy atom. The van der Waals surface area contributed by atoms with E-state index in [0.717, 1.165) is 73.1 Å². The third kappa shape index (κ3) is 6.13. The predicted molar refractivity (Wildman–Crippen MR) is 193 cm³/mol. The van der Waals surface area contributed by atoms with Crippen LogP contribution in [0.4, 0.5) is 0 Å². The summed E-state index contributed by atoms with van der Waals surface area (Å²) in [6.07, 6.45) is 3.70. The molecular formula is C43H29N5. The zero-order valence-electron chi connectivity index (χ0n) is 26.0. The van der Waals surface area contributed by atoms with Crippen LogP contribution in [0.25, 0.3) is 78.9 Å². The lowest BCUT2D eigenvalue weighted by Gasteiger charge is -2.11. The Hall–Kier alpha value is -6.59. The molecule has 0 bridgehead atoms. The van der Waals surface area contributed by atoms with E-state index in [2.05, 4.69) is 77.8 Å². The highest BCUT2D eigenvalue weighted by atomic mass is 14.9. The second-order valence-electron chi connectivity index (χ2n) is 11.4. The highest BCUT2D eigenvalue weighted by Crippen LogP contribution is 2.32. The van der Waals surface area contributed by atoms with Gasteiger partial charge < -0.3 is 0 Å². The Balaban J connectivity index is 1.16. The molecule has 0 amide bonds. The average molecular weight is 616 g/mol. The molecule has 5 heteroatoms. The van der Waals surface area contributed by atoms with Gasteiger partial charge in [0.25, 0.3) is 0 Å². The largest absolute Gasteiger partial charge is 0.255 e. The molecule has 0 aliphatic heterocycles. The maximum Gasteiger partial charge on any atom is 0.160 e. The Labute approximate surface area is 279 Å². The van der Waals surface area contributed by atoms with Crippen LogP contribution in [0.15, 0.2) is 176 Å². The van der Waals surface area contributed by atoms with Crippen LogP contribution < -0.4 is 0 Å². The number of aromatic nitrogens is 5. The molecule has 0 aliphatic rings. The van der Waals surface area contributed by atoms with E-state index in [9.17, 15) is 0 Å². The van der Waals surface area contributed by atoms with Crippen molar-refractivity contribution in [1.82, 2.24) is 24.9 Å². The third-order valence-corrected chi connectivity index (χ3v) is 8.21. The average Bonchev–Trinajstić information content (AvgIpc) is 3.19. The number of hydrogen-bond donors (Lipinski definition) is 0. The number of nitrogens with zero attached hydrogens (tertiary/aromatic N) is 5. The van der Waals surface area contributed by atoms with Gasteiger partial charge in [0, 0.05) is 34.6 Å². The van der Waals surface area contributed by atoms with Crippen molar-refractivity contribution < 1.29 is 0 Å². The minimum atomic E-state index is 0.693. The summed E-state index contributed by atoms with van der Waals surface area (Å²) in [5.41, 5.74) is 12.2. The van der Waals surface area contributed by atoms with Crippen molar-refractivity contribution in [1.29, 1.82) is 0 Å². The highest BCUT2D eigenvalue weighted by Gasteiger charge is 2.13. The molecule has 0 spiro atoms. The van der Waals surface area contributed by atoms with Crippen molar-refractivity contribution in [2.75, 3.05) is 0 Å². The first kappa shape index (κ1) is 28.9. The molecule has 5 nitrogen and oxygen atoms in total. The van der Waals surface area contributed by atoms with Crippen molar-refractivity contribution >= 4 is 0 Å². The van der Waals surface area contributed by atoms with E-state index >= 15 is 0 Å². The first-order valence-electron chi connectivity index (χ1n) is 15.8. The monoisotopic (exact) mass is 615 g/mol. The minimum Gasteiger partial charge on any atom is -0.255 e. The van der Waals surface area contributed by atoms with Gasteiger partial charge in [0.05, 0.1) is 34.2 Å². The standard InChI is InChI=1S/C43H29N5/c1-4-13-30(14-5-1)36-26-41(37-21-10-11-24-44-37)46-42(27-36)38-23-22-35(29-45-38)33-19-12-20-34(25-33)40-28-39(31-15-6-2-7-16-31)47-43(48-40)32-17-8-3-9-18-32/h1-29H. The van der Waals surface area contributed by atoms with Gasteiger partial charge in [-0.1, -0.05) is 121 Å². The molecule has 0 N–H and O–H groups in total. The summed E-state index contributed by atoms with van der Waals surface area (Å²) in [6, 6.07) is 55.3. The van der Waals surface area contributed by atoms with E-state index in [1.165, 1.54) is 0 Å². The fraction of sp³-hybridized carbons (Fsp3) is 0. The quantitative estimate of drug-likeness (QED) is 0.178. The van der Waals surface area contributed by atoms with E-state index in [-0.39, 0.29) is 0 Å². The predicted octanol–water partition coefficient (Wildman–Crippen LogP) is 10.3. The molecule has 0 fully saturated rings. The van der Waals surface area contributed by atoms with Crippen LogP contribution in [0.2, 0.25) is 0 Å². The second kappa shape index (κ2) is 13.0. The van der Waals surface area contributed by atoms with E-state index in [1.807, 2.05) is 97.2 Å². The Morgan fingerprint density at radius 3 is 1.50 bits per heavy atom. The normalized spacial score (nSPS) is 10.9. The van der Waals surface area contributed by atoms with Crippen LogP contribution >= 0.6 is 0 Å². The number of hydrogen-bond acceptors (Lipinski definition) is 5. The van der Waals surface area contributed by atoms with Crippen LogP contribution in [0.1, 0.15) is 0 Å². The Kier molecular flexibility index (Phi) is 7.83. The number of pyridine rings is 3. The third-order valence-electron chi connectivity index (χ3n) is 8.21. The van der Waals surface area contributed by atoms with Gasteiger partial charge in [-0.05, 0) is 59.2 Å². The molecule has 4 aromatic heterocycles. The first-order chi connectivity index (χ1) is 23.8. The van der Waals surface area contributed by atoms with Crippen molar-refractivity contribution in [3.8, 4) is 78.9 Å². The van der Waals surface area contributed by atoms with Gasteiger partial charge in [0.1, 0.15) is 0 Å². The minimum absolute atomic E-state index is 0.693. The molecule has 8 rings (SSSR count). The van der Waals surface area contributed by atoms with Gasteiger partial charge in [-0.25, -0.2) is 15.0 Å². The lowest BCUT2D eigenvalue weighted by atomic mass is 10.0. The molecule has 226 valence electrons. The topological polar surface area (TPSA) is 64.5 Å². The molecule has 0 atom stereocenters. The van der Waals surface area contributed by atoms with E-state index in [1.54, 1.807) is 6.20 Å². The molecule has 4 aromatic carbocycles. The summed E-state index contributed by atoms with van der Waals surface area (Å²) in [5.74, 6) is 0.693. The SMILES string of the molecule is c1ccc(-c2cc(-c3ccccn3)nc(-c3ccc(-c4cccc(-c5cc(-c6ccccc6)nc(-c6ccccc6)n5)c4)cn3)c2)cc1. The van der Waals surface area contributed by atoms with Crippen LogP contribution in [0.3, 0.4) is 0 Å². The lowest BCUT2D eigenvalue weighted by molar-refractivity contribution is 1.18. The number of benzene rings is 4. The molecule has 8 aromatic rings. The first-order valence-corrected chi connectivity index (χ1v) is 15.8. The van der Waals surface area contributed by atoms with Gasteiger partial charge in [0.2, 0.25) is 0 Å². The molecule has 0 aliphatic carbocycles. The maximum absolute atomic E-state index is 5.01. The molecule has 0 saturated heterocycles. The molecule has 0 unspecified atom stereocenters. The van der Waals surface area contributed by atoms with Crippen LogP contribution in [-0.2, 0) is 0 Å².